The summed E-state index contributed by atoms with van der Waals surface area (Å²) in [6.45, 7) is 27.1. The molecular formula is C47H58IrN3O3-. The molecule has 1 radical (unpaired) electrons. The average molecular weight is 905 g/mol. The van der Waals surface area contributed by atoms with Gasteiger partial charge in [-0.1, -0.05) is 111 Å². The molecule has 3 aromatic heterocycles. The Balaban J connectivity index is 0.000000309. The van der Waals surface area contributed by atoms with Crippen LogP contribution in [-0.2, 0) is 24.9 Å². The Morgan fingerprint density at radius 2 is 1.44 bits per heavy atom. The molecule has 7 heteroatoms. The second-order valence-corrected chi connectivity index (χ2v) is 16.0. The molecule has 3 aromatic carbocycles. The number of pyridine rings is 1. The van der Waals surface area contributed by atoms with E-state index in [4.69, 9.17) is 19.4 Å². The first-order valence-corrected chi connectivity index (χ1v) is 19.4. The maximum Gasteiger partial charge on any atom is 0.216 e. The summed E-state index contributed by atoms with van der Waals surface area (Å²) in [5.41, 5.74) is 8.13. The van der Waals surface area contributed by atoms with Crippen LogP contribution in [0.4, 0.5) is 0 Å². The third-order valence-electron chi connectivity index (χ3n) is 11.8. The number of rotatable bonds is 10. The Bertz CT molecular complexity index is 2340. The van der Waals surface area contributed by atoms with Gasteiger partial charge in [0.05, 0.1) is 11.1 Å². The summed E-state index contributed by atoms with van der Waals surface area (Å²) >= 11 is 0. The number of allylic oxidation sites excluding steroid dienone is 2. The summed E-state index contributed by atoms with van der Waals surface area (Å²) in [7, 11) is 0. The predicted octanol–water partition coefficient (Wildman–Crippen LogP) is 13.4. The molecule has 0 atom stereocenters. The van der Waals surface area contributed by atoms with Crippen molar-refractivity contribution < 1.29 is 34.4 Å². The quantitative estimate of drug-likeness (QED) is 0.0637. The van der Waals surface area contributed by atoms with Gasteiger partial charge in [0, 0.05) is 65.1 Å². The van der Waals surface area contributed by atoms with Crippen LogP contribution in [0.5, 0.6) is 0 Å². The molecule has 0 aliphatic carbocycles. The number of aromatic nitrogens is 3. The molecule has 3 heterocycles. The van der Waals surface area contributed by atoms with Crippen LogP contribution in [-0.4, -0.2) is 25.8 Å². The fourth-order valence-corrected chi connectivity index (χ4v) is 6.93. The monoisotopic (exact) mass is 905 g/mol. The Kier molecular flexibility index (Phi) is 13.3. The van der Waals surface area contributed by atoms with Crippen molar-refractivity contribution in [1.29, 1.82) is 0 Å². The first-order chi connectivity index (χ1) is 25.0. The number of fused-ring (bicyclic) bond motifs is 6. The zero-order valence-electron chi connectivity index (χ0n) is 34.5. The Hall–Kier alpha value is -3.93. The predicted molar refractivity (Wildman–Crippen MR) is 222 cm³/mol. The minimum atomic E-state index is -0.337. The van der Waals surface area contributed by atoms with Crippen LogP contribution in [0.1, 0.15) is 135 Å². The SMILES string of the molecule is CCC(C)(CC)C(=O)/C=C(\O)C(C)(CC)CC.Cc1cc2c(-c3[c-]cc(C)c4c3oc3nc(C(C)C)ccc34)nc(C(C)C)nc2c2c(C)cccc12.[Ir]. The molecule has 1 N–H and O–H groups in total. The maximum atomic E-state index is 12.2. The number of aryl methyl sites for hydroxylation is 3. The number of aliphatic hydroxyl groups excluding tert-OH is 1. The molecule has 0 aliphatic rings. The number of hydrogen-bond acceptors (Lipinski definition) is 6. The molecule has 0 amide bonds. The number of benzene rings is 3. The van der Waals surface area contributed by atoms with Gasteiger partial charge in [0.2, 0.25) is 5.71 Å². The van der Waals surface area contributed by atoms with Gasteiger partial charge in [-0.3, -0.25) is 9.78 Å². The van der Waals surface area contributed by atoms with Gasteiger partial charge in [-0.2, -0.15) is 0 Å². The first kappa shape index (κ1) is 42.8. The Morgan fingerprint density at radius 3 is 2.04 bits per heavy atom. The van der Waals surface area contributed by atoms with Crippen LogP contribution in [0.2, 0.25) is 0 Å². The number of furan rings is 1. The van der Waals surface area contributed by atoms with Crippen LogP contribution in [0.25, 0.3) is 55.0 Å². The zero-order valence-corrected chi connectivity index (χ0v) is 36.9. The molecule has 0 unspecified atom stereocenters. The van der Waals surface area contributed by atoms with Gasteiger partial charge < -0.3 is 9.52 Å². The smallest absolute Gasteiger partial charge is 0.216 e. The average Bonchev–Trinajstić information content (AvgIpc) is 3.54. The van der Waals surface area contributed by atoms with E-state index in [0.717, 1.165) is 81.3 Å². The molecule has 54 heavy (non-hydrogen) atoms. The molecule has 0 saturated heterocycles. The molecule has 6 aromatic rings. The Morgan fingerprint density at radius 1 is 0.796 bits per heavy atom. The largest absolute Gasteiger partial charge is 0.512 e. The van der Waals surface area contributed by atoms with Crippen molar-refractivity contribution in [3.05, 3.63) is 88.6 Å². The van der Waals surface area contributed by atoms with Crippen molar-refractivity contribution in [2.75, 3.05) is 0 Å². The van der Waals surface area contributed by atoms with E-state index in [9.17, 15) is 9.90 Å². The standard InChI is InChI=1S/C32H30N3O.C15H28O2.Ir/c1-16(2)25-14-13-22-27-19(6)11-12-23(30(27)36-32(22)33-25)28-24-15-20(7)21-10-8-9-18(5)26(21)29(24)35-31(34-28)17(3)4;1-7-14(5,8-2)12(16)11-13(17)15(6,9-3)10-4;/h8-11,13-17H,1-7H3;11,16H,7-10H2,1-6H3;/q-1;;/b;12-11-;. The Labute approximate surface area is 335 Å². The maximum absolute atomic E-state index is 12.2. The topological polar surface area (TPSA) is 89.1 Å². The summed E-state index contributed by atoms with van der Waals surface area (Å²) in [5.74, 6) is 1.62. The molecule has 0 bridgehead atoms. The van der Waals surface area contributed by atoms with Crippen LogP contribution in [0, 0.1) is 37.7 Å². The summed E-state index contributed by atoms with van der Waals surface area (Å²) in [6, 6.07) is 18.5. The summed E-state index contributed by atoms with van der Waals surface area (Å²) < 4.78 is 6.50. The molecule has 0 aliphatic heterocycles. The van der Waals surface area contributed by atoms with E-state index >= 15 is 0 Å². The molecule has 0 fully saturated rings. The minimum absolute atomic E-state index is 0. The molecular weight excluding hydrogens is 847 g/mol. The second-order valence-electron chi connectivity index (χ2n) is 16.0. The van der Waals surface area contributed by atoms with E-state index in [2.05, 4.69) is 90.9 Å². The van der Waals surface area contributed by atoms with Crippen molar-refractivity contribution in [3.63, 3.8) is 0 Å². The van der Waals surface area contributed by atoms with Crippen molar-refractivity contribution in [3.8, 4) is 11.3 Å². The van der Waals surface area contributed by atoms with E-state index in [1.54, 1.807) is 0 Å². The van der Waals surface area contributed by atoms with Crippen LogP contribution in [0.15, 0.2) is 58.7 Å². The normalized spacial score (nSPS) is 12.5. The third-order valence-corrected chi connectivity index (χ3v) is 11.8. The van der Waals surface area contributed by atoms with Crippen molar-refractivity contribution >= 4 is 49.5 Å². The fraction of sp³-hybridized carbons (Fsp3) is 0.447. The summed E-state index contributed by atoms with van der Waals surface area (Å²) in [6.07, 6.45) is 4.75. The van der Waals surface area contributed by atoms with Gasteiger partial charge in [0.25, 0.3) is 0 Å². The van der Waals surface area contributed by atoms with Gasteiger partial charge in [0.15, 0.2) is 5.78 Å². The summed E-state index contributed by atoms with van der Waals surface area (Å²) in [5, 5.41) is 15.7. The first-order valence-electron chi connectivity index (χ1n) is 19.4. The van der Waals surface area contributed by atoms with Gasteiger partial charge in [-0.05, 0) is 79.5 Å². The number of hydrogen-bond donors (Lipinski definition) is 1. The number of carbonyl (C=O) groups is 1. The van der Waals surface area contributed by atoms with Crippen molar-refractivity contribution in [2.45, 2.75) is 128 Å². The molecule has 6 rings (SSSR count). The van der Waals surface area contributed by atoms with Gasteiger partial charge in [-0.15, -0.1) is 17.7 Å². The van der Waals surface area contributed by atoms with E-state index < -0.39 is 0 Å². The molecule has 0 spiro atoms. The van der Waals surface area contributed by atoms with Crippen molar-refractivity contribution in [2.24, 2.45) is 10.8 Å². The van der Waals surface area contributed by atoms with Gasteiger partial charge in [-0.25, -0.2) is 9.97 Å². The minimum Gasteiger partial charge on any atom is -0.512 e. The van der Waals surface area contributed by atoms with Crippen LogP contribution in [0.3, 0.4) is 0 Å². The van der Waals surface area contributed by atoms with E-state index in [0.29, 0.717) is 11.6 Å². The van der Waals surface area contributed by atoms with Gasteiger partial charge >= 0.3 is 0 Å². The molecule has 289 valence electrons. The number of ketones is 1. The molecule has 6 nitrogen and oxygen atoms in total. The number of aliphatic hydroxyl groups is 1. The summed E-state index contributed by atoms with van der Waals surface area (Å²) in [4.78, 5) is 27.2. The third kappa shape index (κ3) is 7.91. The van der Waals surface area contributed by atoms with Crippen LogP contribution >= 0.6 is 0 Å². The number of nitrogens with zero attached hydrogens (tertiary/aromatic N) is 3. The van der Waals surface area contributed by atoms with Gasteiger partial charge in [0.1, 0.15) is 11.6 Å². The van der Waals surface area contributed by atoms with Crippen molar-refractivity contribution in [1.82, 2.24) is 15.0 Å². The van der Waals surface area contributed by atoms with E-state index in [1.807, 2.05) is 47.6 Å². The van der Waals surface area contributed by atoms with E-state index in [-0.39, 0.29) is 48.4 Å². The van der Waals surface area contributed by atoms with E-state index in [1.165, 1.54) is 28.0 Å². The molecule has 0 saturated carbocycles. The fourth-order valence-electron chi connectivity index (χ4n) is 6.93. The number of carbonyl (C=O) groups excluding carboxylic acids is 1. The van der Waals surface area contributed by atoms with Crippen LogP contribution < -0.4 is 0 Å². The zero-order chi connectivity index (χ0) is 39.0. The second kappa shape index (κ2) is 16.8.